The minimum Gasteiger partial charge on any atom is -0.469 e. The van der Waals surface area contributed by atoms with Crippen molar-refractivity contribution >= 4 is 35.9 Å². The number of nitrogens with zero attached hydrogens (tertiary/aromatic N) is 2. The lowest BCUT2D eigenvalue weighted by molar-refractivity contribution is -0.145. The number of hydrogen-bond donors (Lipinski definition) is 1. The standard InChI is InChI=1S/C16H23N3O2.HI/c1-12-10-19(11-14(12)15(20)21-3)16(17-2)18-9-13-7-5-4-6-8-13;/h4-8,12,14H,9-11H2,1-3H3,(H,17,18);1H. The van der Waals surface area contributed by atoms with Crippen molar-refractivity contribution in [2.24, 2.45) is 16.8 Å². The van der Waals surface area contributed by atoms with Gasteiger partial charge in [0.2, 0.25) is 0 Å². The summed E-state index contributed by atoms with van der Waals surface area (Å²) >= 11 is 0. The summed E-state index contributed by atoms with van der Waals surface area (Å²) in [7, 11) is 3.21. The molecule has 1 aromatic rings. The van der Waals surface area contributed by atoms with E-state index in [1.807, 2.05) is 18.2 Å². The number of halogens is 1. The Kier molecular flexibility index (Phi) is 7.64. The third-order valence-corrected chi connectivity index (χ3v) is 3.92. The first-order chi connectivity index (χ1) is 10.2. The monoisotopic (exact) mass is 417 g/mol. The van der Waals surface area contributed by atoms with E-state index in [2.05, 4.69) is 34.3 Å². The summed E-state index contributed by atoms with van der Waals surface area (Å²) in [5.74, 6) is 0.888. The summed E-state index contributed by atoms with van der Waals surface area (Å²) in [5, 5.41) is 3.35. The van der Waals surface area contributed by atoms with E-state index in [0.717, 1.165) is 19.0 Å². The van der Waals surface area contributed by atoms with Crippen LogP contribution < -0.4 is 5.32 Å². The highest BCUT2D eigenvalue weighted by molar-refractivity contribution is 14.0. The Morgan fingerprint density at radius 1 is 1.36 bits per heavy atom. The molecule has 5 nitrogen and oxygen atoms in total. The average Bonchev–Trinajstić information content (AvgIpc) is 2.90. The van der Waals surface area contributed by atoms with E-state index >= 15 is 0 Å². The van der Waals surface area contributed by atoms with Crippen molar-refractivity contribution in [3.63, 3.8) is 0 Å². The Morgan fingerprint density at radius 2 is 2.05 bits per heavy atom. The van der Waals surface area contributed by atoms with Gasteiger partial charge in [-0.05, 0) is 11.5 Å². The molecular formula is C16H24IN3O2. The van der Waals surface area contributed by atoms with Crippen molar-refractivity contribution in [3.05, 3.63) is 35.9 Å². The van der Waals surface area contributed by atoms with Crippen molar-refractivity contribution in [2.75, 3.05) is 27.2 Å². The fourth-order valence-corrected chi connectivity index (χ4v) is 2.71. The van der Waals surface area contributed by atoms with E-state index in [1.54, 1.807) is 7.05 Å². The number of rotatable bonds is 3. The first-order valence-electron chi connectivity index (χ1n) is 7.23. The maximum Gasteiger partial charge on any atom is 0.310 e. The summed E-state index contributed by atoms with van der Waals surface area (Å²) in [4.78, 5) is 18.2. The van der Waals surface area contributed by atoms with Crippen molar-refractivity contribution < 1.29 is 9.53 Å². The second kappa shape index (κ2) is 8.97. The van der Waals surface area contributed by atoms with Gasteiger partial charge in [0.1, 0.15) is 0 Å². The third kappa shape index (κ3) is 4.59. The Morgan fingerprint density at radius 3 is 2.64 bits per heavy atom. The fourth-order valence-electron chi connectivity index (χ4n) is 2.71. The lowest BCUT2D eigenvalue weighted by atomic mass is 9.99. The zero-order valence-corrected chi connectivity index (χ0v) is 15.6. The van der Waals surface area contributed by atoms with Crippen LogP contribution in [0.1, 0.15) is 12.5 Å². The second-order valence-electron chi connectivity index (χ2n) is 5.40. The van der Waals surface area contributed by atoms with Crippen molar-refractivity contribution in [2.45, 2.75) is 13.5 Å². The van der Waals surface area contributed by atoms with Crippen LogP contribution in [0.5, 0.6) is 0 Å². The summed E-state index contributed by atoms with van der Waals surface area (Å²) < 4.78 is 4.87. The predicted molar refractivity (Wildman–Crippen MR) is 98.3 cm³/mol. The highest BCUT2D eigenvalue weighted by Gasteiger charge is 2.36. The molecule has 1 fully saturated rings. The average molecular weight is 417 g/mol. The highest BCUT2D eigenvalue weighted by Crippen LogP contribution is 2.24. The topological polar surface area (TPSA) is 53.9 Å². The molecule has 0 aromatic heterocycles. The van der Waals surface area contributed by atoms with Gasteiger partial charge < -0.3 is 15.0 Å². The Labute approximate surface area is 149 Å². The number of aliphatic imine (C=N–C) groups is 1. The van der Waals surface area contributed by atoms with Gasteiger partial charge in [-0.25, -0.2) is 0 Å². The zero-order chi connectivity index (χ0) is 15.2. The van der Waals surface area contributed by atoms with Gasteiger partial charge >= 0.3 is 5.97 Å². The van der Waals surface area contributed by atoms with Gasteiger partial charge in [-0.2, -0.15) is 0 Å². The smallest absolute Gasteiger partial charge is 0.310 e. The molecule has 1 aliphatic rings. The van der Waals surface area contributed by atoms with Crippen LogP contribution in [0, 0.1) is 11.8 Å². The van der Waals surface area contributed by atoms with Gasteiger partial charge in [0.25, 0.3) is 0 Å². The predicted octanol–water partition coefficient (Wildman–Crippen LogP) is 2.12. The Balaban J connectivity index is 0.00000242. The summed E-state index contributed by atoms with van der Waals surface area (Å²) in [6, 6.07) is 10.2. The van der Waals surface area contributed by atoms with E-state index < -0.39 is 0 Å². The number of esters is 1. The van der Waals surface area contributed by atoms with Gasteiger partial charge in [0, 0.05) is 26.7 Å². The SMILES string of the molecule is CN=C(NCc1ccccc1)N1CC(C)C(C(=O)OC)C1.I. The molecule has 0 bridgehead atoms. The summed E-state index contributed by atoms with van der Waals surface area (Å²) in [5.41, 5.74) is 1.20. The van der Waals surface area contributed by atoms with Crippen LogP contribution in [0.3, 0.4) is 0 Å². The molecule has 22 heavy (non-hydrogen) atoms. The first kappa shape index (κ1) is 18.7. The number of hydrogen-bond acceptors (Lipinski definition) is 3. The second-order valence-corrected chi connectivity index (χ2v) is 5.40. The summed E-state index contributed by atoms with van der Waals surface area (Å²) in [6.45, 7) is 4.27. The molecule has 1 saturated heterocycles. The van der Waals surface area contributed by atoms with Crippen LogP contribution in [-0.2, 0) is 16.1 Å². The highest BCUT2D eigenvalue weighted by atomic mass is 127. The van der Waals surface area contributed by atoms with E-state index in [9.17, 15) is 4.79 Å². The molecule has 1 aliphatic heterocycles. The number of guanidine groups is 1. The van der Waals surface area contributed by atoms with Crippen LogP contribution in [-0.4, -0.2) is 44.1 Å². The van der Waals surface area contributed by atoms with Gasteiger partial charge in [0.15, 0.2) is 5.96 Å². The van der Waals surface area contributed by atoms with Crippen LogP contribution >= 0.6 is 24.0 Å². The maximum absolute atomic E-state index is 11.8. The van der Waals surface area contributed by atoms with E-state index in [-0.39, 0.29) is 41.8 Å². The van der Waals surface area contributed by atoms with E-state index in [1.165, 1.54) is 12.7 Å². The molecule has 2 unspecified atom stereocenters. The van der Waals surface area contributed by atoms with Crippen LogP contribution in [0.2, 0.25) is 0 Å². The molecule has 0 aliphatic carbocycles. The van der Waals surface area contributed by atoms with Crippen molar-refractivity contribution in [1.29, 1.82) is 0 Å². The molecule has 1 aromatic carbocycles. The number of carbonyl (C=O) groups excluding carboxylic acids is 1. The number of likely N-dealkylation sites (tertiary alicyclic amines) is 1. The molecule has 1 N–H and O–H groups in total. The molecule has 0 spiro atoms. The number of ether oxygens (including phenoxy) is 1. The van der Waals surface area contributed by atoms with Gasteiger partial charge in [-0.15, -0.1) is 24.0 Å². The number of carbonyl (C=O) groups is 1. The molecule has 0 saturated carbocycles. The maximum atomic E-state index is 11.8. The molecule has 122 valence electrons. The molecule has 2 rings (SSSR count). The minimum atomic E-state index is -0.136. The fraction of sp³-hybridized carbons (Fsp3) is 0.500. The number of methoxy groups -OCH3 is 1. The van der Waals surface area contributed by atoms with E-state index in [0.29, 0.717) is 6.54 Å². The summed E-state index contributed by atoms with van der Waals surface area (Å²) in [6.07, 6.45) is 0. The molecular weight excluding hydrogens is 393 g/mol. The largest absolute Gasteiger partial charge is 0.469 e. The zero-order valence-electron chi connectivity index (χ0n) is 13.3. The lowest BCUT2D eigenvalue weighted by Crippen LogP contribution is -2.40. The van der Waals surface area contributed by atoms with Crippen LogP contribution in [0.15, 0.2) is 35.3 Å². The number of nitrogens with one attached hydrogen (secondary N) is 1. The van der Waals surface area contributed by atoms with Crippen molar-refractivity contribution in [3.8, 4) is 0 Å². The van der Waals surface area contributed by atoms with Crippen molar-refractivity contribution in [1.82, 2.24) is 10.2 Å². The normalized spacial score (nSPS) is 21.2. The Hall–Kier alpha value is -1.31. The van der Waals surface area contributed by atoms with Gasteiger partial charge in [-0.1, -0.05) is 37.3 Å². The van der Waals surface area contributed by atoms with Gasteiger partial charge in [0.05, 0.1) is 13.0 Å². The van der Waals surface area contributed by atoms with E-state index in [4.69, 9.17) is 4.74 Å². The molecule has 6 heteroatoms. The first-order valence-corrected chi connectivity index (χ1v) is 7.23. The quantitative estimate of drug-likeness (QED) is 0.355. The van der Waals surface area contributed by atoms with Gasteiger partial charge in [-0.3, -0.25) is 9.79 Å². The molecule has 2 atom stereocenters. The van der Waals surface area contributed by atoms with Crippen LogP contribution in [0.25, 0.3) is 0 Å². The molecule has 1 heterocycles. The minimum absolute atomic E-state index is 0. The Bertz CT molecular complexity index is 507. The third-order valence-electron chi connectivity index (χ3n) is 3.92. The lowest BCUT2D eigenvalue weighted by Gasteiger charge is -2.21. The number of benzene rings is 1. The van der Waals surface area contributed by atoms with Crippen LogP contribution in [0.4, 0.5) is 0 Å². The molecule has 0 amide bonds. The molecule has 0 radical (unpaired) electrons.